The van der Waals surface area contributed by atoms with Crippen molar-refractivity contribution < 1.29 is 4.74 Å². The zero-order valence-electron chi connectivity index (χ0n) is 10.5. The van der Waals surface area contributed by atoms with E-state index >= 15 is 0 Å². The molecule has 1 aliphatic carbocycles. The van der Waals surface area contributed by atoms with E-state index in [-0.39, 0.29) is 0 Å². The SMILES string of the molecule is COCc1ccccc1-n1ccnc1NC1CC1. The van der Waals surface area contributed by atoms with Crippen LogP contribution in [0.25, 0.3) is 5.69 Å². The lowest BCUT2D eigenvalue weighted by Gasteiger charge is -2.13. The van der Waals surface area contributed by atoms with E-state index in [0.717, 1.165) is 17.2 Å². The van der Waals surface area contributed by atoms with E-state index < -0.39 is 0 Å². The van der Waals surface area contributed by atoms with Crippen LogP contribution in [0.15, 0.2) is 36.7 Å². The number of methoxy groups -OCH3 is 1. The summed E-state index contributed by atoms with van der Waals surface area (Å²) >= 11 is 0. The second-order valence-corrected chi connectivity index (χ2v) is 4.60. The number of nitrogens with one attached hydrogen (secondary N) is 1. The molecule has 0 aliphatic heterocycles. The van der Waals surface area contributed by atoms with E-state index in [9.17, 15) is 0 Å². The van der Waals surface area contributed by atoms with Crippen LogP contribution in [0.3, 0.4) is 0 Å². The molecule has 0 unspecified atom stereocenters. The molecule has 4 nitrogen and oxygen atoms in total. The van der Waals surface area contributed by atoms with Gasteiger partial charge in [-0.15, -0.1) is 0 Å². The van der Waals surface area contributed by atoms with Gasteiger partial charge in [0.25, 0.3) is 0 Å². The number of hydrogen-bond acceptors (Lipinski definition) is 3. The molecule has 1 N–H and O–H groups in total. The lowest BCUT2D eigenvalue weighted by molar-refractivity contribution is 0.185. The minimum atomic E-state index is 0.598. The molecule has 0 amide bonds. The molecule has 0 bridgehead atoms. The normalized spacial score (nSPS) is 14.7. The molecule has 1 aliphatic rings. The van der Waals surface area contributed by atoms with Crippen molar-refractivity contribution in [3.05, 3.63) is 42.2 Å². The summed E-state index contributed by atoms with van der Waals surface area (Å²) in [7, 11) is 1.72. The van der Waals surface area contributed by atoms with Gasteiger partial charge in [-0.1, -0.05) is 18.2 Å². The van der Waals surface area contributed by atoms with Crippen molar-refractivity contribution >= 4 is 5.95 Å². The van der Waals surface area contributed by atoms with Crippen LogP contribution in [-0.2, 0) is 11.3 Å². The molecule has 94 valence electrons. The third-order valence-corrected chi connectivity index (χ3v) is 3.10. The Balaban J connectivity index is 1.95. The molecular weight excluding hydrogens is 226 g/mol. The molecule has 0 saturated heterocycles. The molecular formula is C14H17N3O. The average Bonchev–Trinajstić information content (AvgIpc) is 3.08. The number of ether oxygens (including phenoxy) is 1. The summed E-state index contributed by atoms with van der Waals surface area (Å²) in [6, 6.07) is 8.84. The lowest BCUT2D eigenvalue weighted by atomic mass is 10.2. The third-order valence-electron chi connectivity index (χ3n) is 3.10. The number of hydrogen-bond donors (Lipinski definition) is 1. The van der Waals surface area contributed by atoms with Gasteiger partial charge in [-0.25, -0.2) is 4.98 Å². The van der Waals surface area contributed by atoms with Crippen molar-refractivity contribution in [2.75, 3.05) is 12.4 Å². The van der Waals surface area contributed by atoms with Crippen LogP contribution in [0.1, 0.15) is 18.4 Å². The first kappa shape index (κ1) is 11.3. The number of benzene rings is 1. The zero-order chi connectivity index (χ0) is 12.4. The van der Waals surface area contributed by atoms with Crippen molar-refractivity contribution in [3.63, 3.8) is 0 Å². The molecule has 0 radical (unpaired) electrons. The largest absolute Gasteiger partial charge is 0.380 e. The van der Waals surface area contributed by atoms with E-state index in [4.69, 9.17) is 4.74 Å². The highest BCUT2D eigenvalue weighted by atomic mass is 16.5. The van der Waals surface area contributed by atoms with Gasteiger partial charge in [-0.2, -0.15) is 0 Å². The molecule has 2 aromatic rings. The van der Waals surface area contributed by atoms with Crippen LogP contribution in [0, 0.1) is 0 Å². The predicted octanol–water partition coefficient (Wildman–Crippen LogP) is 2.59. The fraction of sp³-hybridized carbons (Fsp3) is 0.357. The van der Waals surface area contributed by atoms with E-state index in [1.54, 1.807) is 7.11 Å². The Kier molecular flexibility index (Phi) is 3.02. The van der Waals surface area contributed by atoms with Crippen molar-refractivity contribution in [3.8, 4) is 5.69 Å². The monoisotopic (exact) mass is 243 g/mol. The van der Waals surface area contributed by atoms with Gasteiger partial charge in [0.15, 0.2) is 0 Å². The minimum absolute atomic E-state index is 0.598. The lowest BCUT2D eigenvalue weighted by Crippen LogP contribution is -2.09. The molecule has 1 saturated carbocycles. The fourth-order valence-electron chi connectivity index (χ4n) is 2.04. The van der Waals surface area contributed by atoms with Crippen LogP contribution in [0.5, 0.6) is 0 Å². The van der Waals surface area contributed by atoms with Crippen LogP contribution < -0.4 is 5.32 Å². The average molecular weight is 243 g/mol. The van der Waals surface area contributed by atoms with Gasteiger partial charge in [-0.3, -0.25) is 4.57 Å². The van der Waals surface area contributed by atoms with E-state index in [1.165, 1.54) is 12.8 Å². The Bertz CT molecular complexity index is 531. The maximum Gasteiger partial charge on any atom is 0.207 e. The Morgan fingerprint density at radius 1 is 1.39 bits per heavy atom. The standard InChI is InChI=1S/C14H17N3O/c1-18-10-11-4-2-3-5-13(11)17-9-8-15-14(17)16-12-6-7-12/h2-5,8-9,12H,6-7,10H2,1H3,(H,15,16). The van der Waals surface area contributed by atoms with Gasteiger partial charge >= 0.3 is 0 Å². The van der Waals surface area contributed by atoms with Crippen LogP contribution in [-0.4, -0.2) is 22.7 Å². The van der Waals surface area contributed by atoms with E-state index in [1.807, 2.05) is 24.5 Å². The van der Waals surface area contributed by atoms with E-state index in [0.29, 0.717) is 12.6 Å². The second kappa shape index (κ2) is 4.82. The Hall–Kier alpha value is -1.81. The topological polar surface area (TPSA) is 39.1 Å². The van der Waals surface area contributed by atoms with Gasteiger partial charge in [0.1, 0.15) is 0 Å². The summed E-state index contributed by atoms with van der Waals surface area (Å²) in [6.07, 6.45) is 6.30. The number of aromatic nitrogens is 2. The molecule has 1 fully saturated rings. The smallest absolute Gasteiger partial charge is 0.207 e. The Labute approximate surface area is 107 Å². The van der Waals surface area contributed by atoms with Gasteiger partial charge in [0.2, 0.25) is 5.95 Å². The van der Waals surface area contributed by atoms with Gasteiger partial charge in [0.05, 0.1) is 12.3 Å². The van der Waals surface area contributed by atoms with E-state index in [2.05, 4.69) is 27.0 Å². The summed E-state index contributed by atoms with van der Waals surface area (Å²) in [5.41, 5.74) is 2.29. The van der Waals surface area contributed by atoms with Crippen LogP contribution in [0.4, 0.5) is 5.95 Å². The molecule has 1 aromatic heterocycles. The minimum Gasteiger partial charge on any atom is -0.380 e. The van der Waals surface area contributed by atoms with Gasteiger partial charge in [-0.05, 0) is 18.9 Å². The summed E-state index contributed by atoms with van der Waals surface area (Å²) in [4.78, 5) is 4.38. The van der Waals surface area contributed by atoms with Crippen LogP contribution in [0.2, 0.25) is 0 Å². The third kappa shape index (κ3) is 2.24. The summed E-state index contributed by atoms with van der Waals surface area (Å²) < 4.78 is 7.34. The Morgan fingerprint density at radius 3 is 3.00 bits per heavy atom. The highest BCUT2D eigenvalue weighted by Gasteiger charge is 2.23. The fourth-order valence-corrected chi connectivity index (χ4v) is 2.04. The molecule has 18 heavy (non-hydrogen) atoms. The number of para-hydroxylation sites is 1. The highest BCUT2D eigenvalue weighted by molar-refractivity contribution is 5.47. The predicted molar refractivity (Wildman–Crippen MR) is 70.9 cm³/mol. The number of anilines is 1. The molecule has 1 aromatic carbocycles. The van der Waals surface area contributed by atoms with Gasteiger partial charge in [0, 0.05) is 31.1 Å². The molecule has 0 spiro atoms. The maximum absolute atomic E-state index is 5.25. The van der Waals surface area contributed by atoms with Crippen molar-refractivity contribution in [1.29, 1.82) is 0 Å². The molecule has 0 atom stereocenters. The van der Waals surface area contributed by atoms with Gasteiger partial charge < -0.3 is 10.1 Å². The van der Waals surface area contributed by atoms with Crippen molar-refractivity contribution in [2.24, 2.45) is 0 Å². The number of nitrogens with zero attached hydrogens (tertiary/aromatic N) is 2. The molecule has 3 rings (SSSR count). The molecule has 1 heterocycles. The first-order valence-corrected chi connectivity index (χ1v) is 6.25. The highest BCUT2D eigenvalue weighted by Crippen LogP contribution is 2.26. The number of rotatable bonds is 5. The molecule has 4 heteroatoms. The summed E-state index contributed by atoms with van der Waals surface area (Å²) in [6.45, 7) is 0.608. The number of imidazole rings is 1. The second-order valence-electron chi connectivity index (χ2n) is 4.60. The summed E-state index contributed by atoms with van der Waals surface area (Å²) in [5.74, 6) is 0.918. The van der Waals surface area contributed by atoms with Crippen LogP contribution >= 0.6 is 0 Å². The quantitative estimate of drug-likeness (QED) is 0.877. The van der Waals surface area contributed by atoms with Crippen molar-refractivity contribution in [2.45, 2.75) is 25.5 Å². The summed E-state index contributed by atoms with van der Waals surface area (Å²) in [5, 5.41) is 3.44. The first-order chi connectivity index (χ1) is 8.88. The maximum atomic E-state index is 5.25. The Morgan fingerprint density at radius 2 is 2.22 bits per heavy atom. The van der Waals surface area contributed by atoms with Crippen molar-refractivity contribution in [1.82, 2.24) is 9.55 Å². The zero-order valence-corrected chi connectivity index (χ0v) is 10.5. The first-order valence-electron chi connectivity index (χ1n) is 6.25.